The number of piperidine rings is 1. The monoisotopic (exact) mass is 382 g/mol. The van der Waals surface area contributed by atoms with E-state index in [0.29, 0.717) is 24.6 Å². The third-order valence-corrected chi connectivity index (χ3v) is 5.69. The molecule has 0 unspecified atom stereocenters. The van der Waals surface area contributed by atoms with Gasteiger partial charge in [-0.05, 0) is 51.3 Å². The van der Waals surface area contributed by atoms with Crippen molar-refractivity contribution in [1.29, 1.82) is 0 Å². The number of aryl methyl sites for hydroxylation is 2. The van der Waals surface area contributed by atoms with Crippen LogP contribution in [-0.2, 0) is 17.8 Å². The maximum absolute atomic E-state index is 12.8. The molecule has 28 heavy (non-hydrogen) atoms. The van der Waals surface area contributed by atoms with Crippen molar-refractivity contribution in [1.82, 2.24) is 19.8 Å². The van der Waals surface area contributed by atoms with Crippen LogP contribution in [-0.4, -0.2) is 51.9 Å². The van der Waals surface area contributed by atoms with Gasteiger partial charge < -0.3 is 9.88 Å². The molecular weight excluding hydrogens is 352 g/mol. The van der Waals surface area contributed by atoms with Crippen molar-refractivity contribution in [3.63, 3.8) is 0 Å². The van der Waals surface area contributed by atoms with Gasteiger partial charge in [-0.2, -0.15) is 4.98 Å². The van der Waals surface area contributed by atoms with Crippen molar-refractivity contribution < 1.29 is 4.79 Å². The van der Waals surface area contributed by atoms with Crippen LogP contribution in [0, 0.1) is 13.8 Å². The van der Waals surface area contributed by atoms with Gasteiger partial charge in [0.15, 0.2) is 0 Å². The molecule has 1 aliphatic rings. The minimum absolute atomic E-state index is 0.183. The van der Waals surface area contributed by atoms with E-state index >= 15 is 0 Å². The Morgan fingerprint density at radius 2 is 2.04 bits per heavy atom. The molecule has 1 aliphatic heterocycles. The van der Waals surface area contributed by atoms with E-state index in [9.17, 15) is 9.59 Å². The molecule has 1 atom stereocenters. The predicted octanol–water partition coefficient (Wildman–Crippen LogP) is 2.44. The van der Waals surface area contributed by atoms with Crippen LogP contribution in [0.4, 0.5) is 0 Å². The fourth-order valence-corrected chi connectivity index (χ4v) is 4.05. The number of amides is 1. The average molecular weight is 383 g/mol. The number of H-pyrrole nitrogens is 1. The first-order valence-corrected chi connectivity index (χ1v) is 10.0. The Hall–Kier alpha value is -2.47. The van der Waals surface area contributed by atoms with E-state index in [2.05, 4.69) is 46.2 Å². The lowest BCUT2D eigenvalue weighted by molar-refractivity contribution is -0.133. The fourth-order valence-electron chi connectivity index (χ4n) is 4.05. The number of aromatic amines is 1. The van der Waals surface area contributed by atoms with Crippen LogP contribution in [0.3, 0.4) is 0 Å². The molecule has 150 valence electrons. The Morgan fingerprint density at radius 1 is 1.29 bits per heavy atom. The van der Waals surface area contributed by atoms with Gasteiger partial charge in [-0.3, -0.25) is 9.69 Å². The number of benzene rings is 1. The number of nitrogens with zero attached hydrogens (tertiary/aromatic N) is 3. The number of hydrogen-bond donors (Lipinski definition) is 1. The van der Waals surface area contributed by atoms with E-state index in [1.165, 1.54) is 5.56 Å². The highest BCUT2D eigenvalue weighted by Crippen LogP contribution is 2.19. The van der Waals surface area contributed by atoms with E-state index in [1.54, 1.807) is 0 Å². The van der Waals surface area contributed by atoms with Crippen LogP contribution >= 0.6 is 0 Å². The van der Waals surface area contributed by atoms with E-state index in [1.807, 2.05) is 24.8 Å². The lowest BCUT2D eigenvalue weighted by Gasteiger charge is -2.38. The molecule has 0 aliphatic carbocycles. The highest BCUT2D eigenvalue weighted by atomic mass is 16.2. The van der Waals surface area contributed by atoms with E-state index in [4.69, 9.17) is 0 Å². The molecule has 0 radical (unpaired) electrons. The van der Waals surface area contributed by atoms with Gasteiger partial charge in [0.05, 0.1) is 0 Å². The summed E-state index contributed by atoms with van der Waals surface area (Å²) < 4.78 is 0. The van der Waals surface area contributed by atoms with E-state index < -0.39 is 0 Å². The largest absolute Gasteiger partial charge is 0.345 e. The maximum atomic E-state index is 12.8. The number of nitrogens with one attached hydrogen (secondary N) is 1. The summed E-state index contributed by atoms with van der Waals surface area (Å²) in [5, 5.41) is 0. The number of rotatable bonds is 6. The number of carbonyl (C=O) groups excluding carboxylic acids is 1. The Balaban J connectivity index is 1.56. The highest BCUT2D eigenvalue weighted by Gasteiger charge is 2.26. The van der Waals surface area contributed by atoms with Crippen molar-refractivity contribution in [3.8, 4) is 0 Å². The number of aromatic nitrogens is 2. The summed E-state index contributed by atoms with van der Waals surface area (Å²) in [5.41, 5.74) is 3.47. The number of hydrogen-bond acceptors (Lipinski definition) is 4. The van der Waals surface area contributed by atoms with Gasteiger partial charge >= 0.3 is 5.69 Å². The number of likely N-dealkylation sites (tertiary alicyclic amines) is 1. The second kappa shape index (κ2) is 9.15. The Morgan fingerprint density at radius 3 is 2.75 bits per heavy atom. The van der Waals surface area contributed by atoms with Gasteiger partial charge in [-0.15, -0.1) is 0 Å². The van der Waals surface area contributed by atoms with Gasteiger partial charge in [0, 0.05) is 43.5 Å². The third kappa shape index (κ3) is 5.07. The van der Waals surface area contributed by atoms with Crippen molar-refractivity contribution in [2.24, 2.45) is 0 Å². The molecule has 6 nitrogen and oxygen atoms in total. The van der Waals surface area contributed by atoms with Crippen molar-refractivity contribution >= 4 is 5.91 Å². The zero-order valence-corrected chi connectivity index (χ0v) is 17.1. The first-order valence-electron chi connectivity index (χ1n) is 10.0. The summed E-state index contributed by atoms with van der Waals surface area (Å²) in [6, 6.07) is 10.8. The van der Waals surface area contributed by atoms with Crippen molar-refractivity contribution in [3.05, 3.63) is 63.3 Å². The first-order chi connectivity index (χ1) is 13.4. The highest BCUT2D eigenvalue weighted by molar-refractivity contribution is 5.76. The van der Waals surface area contributed by atoms with Gasteiger partial charge in [0.1, 0.15) is 0 Å². The van der Waals surface area contributed by atoms with Crippen LogP contribution in [0.1, 0.15) is 41.8 Å². The Kier molecular flexibility index (Phi) is 6.62. The first kappa shape index (κ1) is 20.3. The molecule has 1 fully saturated rings. The molecule has 1 amide bonds. The van der Waals surface area contributed by atoms with Crippen LogP contribution < -0.4 is 5.69 Å². The average Bonchev–Trinajstić information content (AvgIpc) is 2.68. The lowest BCUT2D eigenvalue weighted by atomic mass is 10.0. The van der Waals surface area contributed by atoms with Gasteiger partial charge in [0.25, 0.3) is 0 Å². The van der Waals surface area contributed by atoms with Crippen molar-refractivity contribution in [2.75, 3.05) is 20.1 Å². The molecule has 1 N–H and O–H groups in total. The summed E-state index contributed by atoms with van der Waals surface area (Å²) in [7, 11) is 2.14. The van der Waals surface area contributed by atoms with Crippen LogP contribution in [0.5, 0.6) is 0 Å². The lowest BCUT2D eigenvalue weighted by Crippen LogP contribution is -2.48. The molecule has 0 saturated carbocycles. The minimum Gasteiger partial charge on any atom is -0.341 e. The van der Waals surface area contributed by atoms with Crippen LogP contribution in [0.15, 0.2) is 35.1 Å². The molecule has 6 heteroatoms. The van der Waals surface area contributed by atoms with Crippen molar-refractivity contribution in [2.45, 2.75) is 52.1 Å². The van der Waals surface area contributed by atoms with E-state index in [0.717, 1.165) is 43.7 Å². The quantitative estimate of drug-likeness (QED) is 0.833. The molecule has 1 aromatic heterocycles. The molecular formula is C22H30N4O2. The van der Waals surface area contributed by atoms with E-state index in [-0.39, 0.29) is 11.6 Å². The smallest absolute Gasteiger partial charge is 0.341 e. The summed E-state index contributed by atoms with van der Waals surface area (Å²) in [4.78, 5) is 35.3. The Labute approximate surface area is 166 Å². The number of carbonyl (C=O) groups is 1. The molecule has 1 aromatic carbocycles. The summed E-state index contributed by atoms with van der Waals surface area (Å²) in [6.45, 7) is 6.21. The molecule has 0 spiro atoms. The predicted molar refractivity (Wildman–Crippen MR) is 110 cm³/mol. The molecule has 3 rings (SSSR count). The molecule has 2 heterocycles. The molecule has 0 bridgehead atoms. The SMILES string of the molecule is Cc1nc(=O)[nH]c(C)c1CCC(=O)N1CCC[C@H](N(C)Cc2ccccc2)C1. The second-order valence-electron chi connectivity index (χ2n) is 7.77. The molecule has 2 aromatic rings. The Bertz CT molecular complexity index is 836. The summed E-state index contributed by atoms with van der Waals surface area (Å²) in [6.07, 6.45) is 3.22. The second-order valence-corrected chi connectivity index (χ2v) is 7.77. The van der Waals surface area contributed by atoms with Gasteiger partial charge in [-0.1, -0.05) is 30.3 Å². The summed E-state index contributed by atoms with van der Waals surface area (Å²) in [5.74, 6) is 0.183. The maximum Gasteiger partial charge on any atom is 0.345 e. The molecule has 1 saturated heterocycles. The standard InChI is InChI=1S/C22H30N4O2/c1-16-20(17(2)24-22(28)23-16)11-12-21(27)26-13-7-10-19(15-26)25(3)14-18-8-5-4-6-9-18/h4-6,8-9,19H,7,10-15H2,1-3H3,(H,23,24,28)/t19-/m0/s1. The van der Waals surface area contributed by atoms with Crippen LogP contribution in [0.2, 0.25) is 0 Å². The fraction of sp³-hybridized carbons (Fsp3) is 0.500. The number of likely N-dealkylation sites (N-methyl/N-ethyl adjacent to an activating group) is 1. The minimum atomic E-state index is -0.328. The zero-order valence-electron chi connectivity index (χ0n) is 17.1. The van der Waals surface area contributed by atoms with Gasteiger partial charge in [-0.25, -0.2) is 4.79 Å². The van der Waals surface area contributed by atoms with Gasteiger partial charge in [0.2, 0.25) is 5.91 Å². The normalized spacial score (nSPS) is 17.1. The third-order valence-electron chi connectivity index (χ3n) is 5.69. The summed E-state index contributed by atoms with van der Waals surface area (Å²) >= 11 is 0. The van der Waals surface area contributed by atoms with Crippen LogP contribution in [0.25, 0.3) is 0 Å². The zero-order chi connectivity index (χ0) is 20.1. The topological polar surface area (TPSA) is 69.3 Å².